The van der Waals surface area contributed by atoms with Gasteiger partial charge in [0.25, 0.3) is 0 Å². The Morgan fingerprint density at radius 3 is 1.75 bits per heavy atom. The molecule has 0 aromatic carbocycles. The molecule has 4 heavy (non-hydrogen) atoms. The molecule has 0 aliphatic heterocycles. The van der Waals surface area contributed by atoms with Crippen molar-refractivity contribution in [2.75, 3.05) is 0 Å². The van der Waals surface area contributed by atoms with Gasteiger partial charge in [-0.3, -0.25) is 0 Å². The first-order valence-corrected chi connectivity index (χ1v) is 0.933. The second-order valence-corrected chi connectivity index (χ2v) is 0.298. The second kappa shape index (κ2) is 9.52. The smallest absolute Gasteiger partial charge is 0 e. The molecule has 0 radical (unpaired) electrons. The van der Waals surface area contributed by atoms with Crippen LogP contribution in [0.2, 0.25) is 0 Å². The summed E-state index contributed by atoms with van der Waals surface area (Å²) < 4.78 is 0. The predicted molar refractivity (Wildman–Crippen MR) is 5.69 cm³/mol. The Kier molecular flexibility index (Phi) is 21.0. The Bertz CT molecular complexity index is 29.0. The van der Waals surface area contributed by atoms with Crippen molar-refractivity contribution in [2.45, 2.75) is 0 Å². The molecule has 0 N–H and O–H groups in total. The molecule has 0 aliphatic carbocycles. The zero-order valence-corrected chi connectivity index (χ0v) is 3.67. The van der Waals surface area contributed by atoms with Crippen LogP contribution in [0.5, 0.6) is 0 Å². The number of hydrogen-bond donors (Lipinski definition) is 0. The number of rotatable bonds is 0. The largest absolute Gasteiger partial charge is 0 e. The van der Waals surface area contributed by atoms with E-state index in [0.29, 0.717) is 0 Å². The number of carbonyl (C=O) groups excluding carboxylic acids is 1. The summed E-state index contributed by atoms with van der Waals surface area (Å²) in [5, 5.41) is 0. The van der Waals surface area contributed by atoms with Crippen LogP contribution in [-0.4, -0.2) is 4.79 Å². The monoisotopic (exact) mass is 142 g/mol. The van der Waals surface area contributed by atoms with Gasteiger partial charge in [-0.25, -0.2) is 0 Å². The van der Waals surface area contributed by atoms with E-state index in [1.807, 2.05) is 0 Å². The molecular weight excluding hydrogens is 143 g/mol. The molecular formula is CFeNiO. The molecule has 0 heterocycles. The molecule has 0 bridgehead atoms. The van der Waals surface area contributed by atoms with Crippen molar-refractivity contribution >= 4 is 4.79 Å². The van der Waals surface area contributed by atoms with Crippen LogP contribution in [0.25, 0.3) is 0 Å². The Labute approximate surface area is 42.0 Å². The first-order valence-electron chi connectivity index (χ1n) is 0.381. The van der Waals surface area contributed by atoms with Crippen molar-refractivity contribution in [1.29, 1.82) is 0 Å². The summed E-state index contributed by atoms with van der Waals surface area (Å²) in [6.07, 6.45) is 0. The van der Waals surface area contributed by atoms with Crippen LogP contribution >= 0.6 is 0 Å². The first-order chi connectivity index (χ1) is 1.41. The van der Waals surface area contributed by atoms with Crippen molar-refractivity contribution in [3.63, 3.8) is 0 Å². The van der Waals surface area contributed by atoms with Gasteiger partial charge < -0.3 is 0 Å². The molecule has 0 saturated carbocycles. The van der Waals surface area contributed by atoms with E-state index < -0.39 is 0 Å². The van der Waals surface area contributed by atoms with Crippen LogP contribution in [0.15, 0.2) is 0 Å². The molecule has 0 amide bonds. The van der Waals surface area contributed by atoms with Crippen molar-refractivity contribution in [2.24, 2.45) is 0 Å². The molecule has 0 unspecified atom stereocenters. The van der Waals surface area contributed by atoms with E-state index in [1.54, 1.807) is 0 Å². The van der Waals surface area contributed by atoms with Crippen LogP contribution in [0, 0.1) is 0 Å². The van der Waals surface area contributed by atoms with E-state index in [4.69, 9.17) is 4.79 Å². The molecule has 0 aliphatic rings. The van der Waals surface area contributed by atoms with Crippen molar-refractivity contribution in [3.8, 4) is 0 Å². The molecule has 0 aromatic heterocycles. The van der Waals surface area contributed by atoms with Crippen LogP contribution in [0.1, 0.15) is 0 Å². The van der Waals surface area contributed by atoms with Gasteiger partial charge in [-0.1, -0.05) is 0 Å². The standard InChI is InChI=1S/CO.Fe.Ni/c1-2;;. The normalized spacial score (nSPS) is 2.25. The summed E-state index contributed by atoms with van der Waals surface area (Å²) >= 11 is 2.68. The minimum absolute atomic E-state index is 0. The summed E-state index contributed by atoms with van der Waals surface area (Å²) in [7, 11) is 0. The summed E-state index contributed by atoms with van der Waals surface area (Å²) in [5.41, 5.74) is 0. The van der Waals surface area contributed by atoms with Gasteiger partial charge in [0.2, 0.25) is 0 Å². The maximum atomic E-state index is 8.57. The molecule has 0 saturated heterocycles. The minimum atomic E-state index is 0. The molecule has 28 valence electrons. The van der Waals surface area contributed by atoms with Crippen LogP contribution in [0.4, 0.5) is 0 Å². The Balaban J connectivity index is 0. The molecule has 0 aromatic rings. The van der Waals surface area contributed by atoms with E-state index in [0.717, 1.165) is 0 Å². The van der Waals surface area contributed by atoms with Crippen LogP contribution in [-0.2, 0) is 36.9 Å². The Morgan fingerprint density at radius 2 is 1.75 bits per heavy atom. The fourth-order valence-corrected chi connectivity index (χ4v) is 0. The van der Waals surface area contributed by atoms with Crippen LogP contribution < -0.4 is 0 Å². The summed E-state index contributed by atoms with van der Waals surface area (Å²) in [5.74, 6) is 0. The molecule has 0 spiro atoms. The third kappa shape index (κ3) is 18.7. The van der Waals surface area contributed by atoms with Crippen molar-refractivity contribution in [1.82, 2.24) is 0 Å². The average molecular weight is 143 g/mol. The van der Waals surface area contributed by atoms with E-state index in [9.17, 15) is 0 Å². The second-order valence-electron chi connectivity index (χ2n) is 0.0722. The molecule has 3 heteroatoms. The summed E-state index contributed by atoms with van der Waals surface area (Å²) in [4.78, 5) is 9.82. The topological polar surface area (TPSA) is 17.1 Å². The minimum Gasteiger partial charge on any atom is 0 e. The van der Waals surface area contributed by atoms with Gasteiger partial charge in [-0.15, -0.1) is 0 Å². The molecule has 1 nitrogen and oxygen atoms in total. The quantitative estimate of drug-likeness (QED) is 0.421. The molecule has 0 fully saturated rings. The Hall–Kier alpha value is 0.593. The van der Waals surface area contributed by atoms with Gasteiger partial charge in [-0.2, -0.15) is 0 Å². The maximum absolute atomic E-state index is 8.57. The zero-order valence-electron chi connectivity index (χ0n) is 1.58. The van der Waals surface area contributed by atoms with Gasteiger partial charge in [0.15, 0.2) is 0 Å². The fourth-order valence-electron chi connectivity index (χ4n) is 0. The van der Waals surface area contributed by atoms with Gasteiger partial charge in [0.1, 0.15) is 0 Å². The third-order valence-corrected chi connectivity index (χ3v) is 0. The predicted octanol–water partition coefficient (Wildman–Crippen LogP) is -0.402. The van der Waals surface area contributed by atoms with E-state index in [1.165, 1.54) is 4.79 Å². The van der Waals surface area contributed by atoms with Gasteiger partial charge in [0, 0.05) is 16.5 Å². The van der Waals surface area contributed by atoms with Gasteiger partial charge in [-0.05, 0) is 0 Å². The van der Waals surface area contributed by atoms with Crippen molar-refractivity contribution < 1.29 is 36.9 Å². The van der Waals surface area contributed by atoms with Crippen molar-refractivity contribution in [3.05, 3.63) is 0 Å². The SMILES string of the molecule is O=[C]=[Fe].[Ni]. The zero-order chi connectivity index (χ0) is 2.71. The molecule has 0 atom stereocenters. The molecule has 0 rings (SSSR count). The summed E-state index contributed by atoms with van der Waals surface area (Å²) in [6.45, 7) is 0. The average Bonchev–Trinajstić information content (AvgIpc) is 0.918. The van der Waals surface area contributed by atoms with E-state index in [-0.39, 0.29) is 16.5 Å². The fraction of sp³-hybridized carbons (Fsp3) is 0. The summed E-state index contributed by atoms with van der Waals surface area (Å²) in [6, 6.07) is 0. The Morgan fingerprint density at radius 1 is 1.75 bits per heavy atom. The van der Waals surface area contributed by atoms with Gasteiger partial charge in [0.05, 0.1) is 0 Å². The number of hydrogen-bond acceptors (Lipinski definition) is 1. The first kappa shape index (κ1) is 8.82. The third-order valence-electron chi connectivity index (χ3n) is 0. The van der Waals surface area contributed by atoms with E-state index in [2.05, 4.69) is 15.6 Å². The van der Waals surface area contributed by atoms with Crippen LogP contribution in [0.3, 0.4) is 0 Å². The maximum Gasteiger partial charge on any atom is 0 e. The van der Waals surface area contributed by atoms with E-state index >= 15 is 0 Å². The van der Waals surface area contributed by atoms with Gasteiger partial charge >= 0.3 is 25.2 Å².